The number of para-hydroxylation sites is 1. The fraction of sp³-hybridized carbons (Fsp3) is 0.0526. The van der Waals surface area contributed by atoms with Crippen molar-refractivity contribution in [2.75, 3.05) is 5.73 Å². The fourth-order valence-corrected chi connectivity index (χ4v) is 2.39. The zero-order valence-electron chi connectivity index (χ0n) is 12.5. The van der Waals surface area contributed by atoms with E-state index in [2.05, 4.69) is 0 Å². The highest BCUT2D eigenvalue weighted by molar-refractivity contribution is 5.73. The van der Waals surface area contributed by atoms with E-state index in [0.29, 0.717) is 11.3 Å². The molecule has 2 nitrogen and oxygen atoms in total. The molecule has 0 atom stereocenters. The van der Waals surface area contributed by atoms with Gasteiger partial charge in [0.1, 0.15) is 11.5 Å². The first-order valence-electron chi connectivity index (χ1n) is 7.24. The van der Waals surface area contributed by atoms with Gasteiger partial charge in [-0.05, 0) is 29.8 Å². The summed E-state index contributed by atoms with van der Waals surface area (Å²) < 4.78 is 45.0. The van der Waals surface area contributed by atoms with Gasteiger partial charge in [-0.25, -0.2) is 0 Å². The summed E-state index contributed by atoms with van der Waals surface area (Å²) in [6, 6.07) is 19.3. The van der Waals surface area contributed by atoms with Gasteiger partial charge in [0.2, 0.25) is 0 Å². The SMILES string of the molecule is Nc1ccc(-c2ccccc2)c(Oc2ccccc2C(F)(F)F)c1. The molecule has 122 valence electrons. The second-order valence-corrected chi connectivity index (χ2v) is 5.22. The molecule has 5 heteroatoms. The van der Waals surface area contributed by atoms with Crippen molar-refractivity contribution in [2.45, 2.75) is 6.18 Å². The number of anilines is 1. The number of hydrogen-bond acceptors (Lipinski definition) is 2. The second-order valence-electron chi connectivity index (χ2n) is 5.22. The third-order valence-electron chi connectivity index (χ3n) is 3.50. The lowest BCUT2D eigenvalue weighted by molar-refractivity contribution is -0.138. The van der Waals surface area contributed by atoms with E-state index < -0.39 is 11.7 Å². The smallest absolute Gasteiger partial charge is 0.419 e. The molecule has 3 aromatic carbocycles. The summed E-state index contributed by atoms with van der Waals surface area (Å²) in [6.07, 6.45) is -4.50. The van der Waals surface area contributed by atoms with Gasteiger partial charge in [-0.3, -0.25) is 0 Å². The Balaban J connectivity index is 2.07. The quantitative estimate of drug-likeness (QED) is 0.621. The van der Waals surface area contributed by atoms with Gasteiger partial charge in [0, 0.05) is 17.3 Å². The third kappa shape index (κ3) is 3.35. The summed E-state index contributed by atoms with van der Waals surface area (Å²) in [5.74, 6) is 0.0191. The molecule has 0 aromatic heterocycles. The molecular weight excluding hydrogens is 315 g/mol. The average Bonchev–Trinajstić information content (AvgIpc) is 2.55. The van der Waals surface area contributed by atoms with E-state index >= 15 is 0 Å². The fourth-order valence-electron chi connectivity index (χ4n) is 2.39. The average molecular weight is 329 g/mol. The highest BCUT2D eigenvalue weighted by atomic mass is 19.4. The van der Waals surface area contributed by atoms with Crippen molar-refractivity contribution in [3.8, 4) is 22.6 Å². The van der Waals surface area contributed by atoms with Gasteiger partial charge >= 0.3 is 6.18 Å². The van der Waals surface area contributed by atoms with Gasteiger partial charge in [-0.15, -0.1) is 0 Å². The Morgan fingerprint density at radius 1 is 0.750 bits per heavy atom. The molecule has 0 amide bonds. The van der Waals surface area contributed by atoms with Crippen molar-refractivity contribution < 1.29 is 17.9 Å². The maximum atomic E-state index is 13.1. The van der Waals surface area contributed by atoms with Crippen LogP contribution in [0, 0.1) is 0 Å². The number of nitrogens with two attached hydrogens (primary N) is 1. The van der Waals surface area contributed by atoms with Gasteiger partial charge in [0.15, 0.2) is 0 Å². The summed E-state index contributed by atoms with van der Waals surface area (Å²) in [5, 5.41) is 0. The molecule has 0 fully saturated rings. The van der Waals surface area contributed by atoms with Gasteiger partial charge in [-0.2, -0.15) is 13.2 Å². The lowest BCUT2D eigenvalue weighted by atomic mass is 10.0. The van der Waals surface area contributed by atoms with E-state index in [1.807, 2.05) is 30.3 Å². The molecule has 0 spiro atoms. The Kier molecular flexibility index (Phi) is 4.16. The molecule has 0 aliphatic carbocycles. The molecule has 2 N–H and O–H groups in total. The van der Waals surface area contributed by atoms with Crippen molar-refractivity contribution in [1.82, 2.24) is 0 Å². The standard InChI is InChI=1S/C19H14F3NO/c20-19(21,22)16-8-4-5-9-17(16)24-18-12-14(23)10-11-15(18)13-6-2-1-3-7-13/h1-12H,23H2. The Hall–Kier alpha value is -2.95. The van der Waals surface area contributed by atoms with Crippen LogP contribution in [0.1, 0.15) is 5.56 Å². The molecule has 0 bridgehead atoms. The number of rotatable bonds is 3. The maximum Gasteiger partial charge on any atom is 0.419 e. The Morgan fingerprint density at radius 2 is 1.42 bits per heavy atom. The van der Waals surface area contributed by atoms with Crippen LogP contribution in [0.25, 0.3) is 11.1 Å². The van der Waals surface area contributed by atoms with Crippen LogP contribution in [0.4, 0.5) is 18.9 Å². The summed E-state index contributed by atoms with van der Waals surface area (Å²) in [5.41, 5.74) is 6.86. The molecule has 0 aliphatic heterocycles. The van der Waals surface area contributed by atoms with Crippen LogP contribution in [0.5, 0.6) is 11.5 Å². The molecule has 0 aliphatic rings. The predicted octanol–water partition coefficient (Wildman–Crippen LogP) is 5.75. The van der Waals surface area contributed by atoms with Crippen molar-refractivity contribution in [3.63, 3.8) is 0 Å². The van der Waals surface area contributed by atoms with E-state index in [9.17, 15) is 13.2 Å². The minimum absolute atomic E-state index is 0.257. The molecular formula is C19H14F3NO. The zero-order chi connectivity index (χ0) is 17.2. The van der Waals surface area contributed by atoms with Crippen LogP contribution >= 0.6 is 0 Å². The van der Waals surface area contributed by atoms with Crippen LogP contribution < -0.4 is 10.5 Å². The maximum absolute atomic E-state index is 13.1. The van der Waals surface area contributed by atoms with Gasteiger partial charge in [0.05, 0.1) is 5.56 Å². The van der Waals surface area contributed by atoms with Crippen LogP contribution in [0.3, 0.4) is 0 Å². The monoisotopic (exact) mass is 329 g/mol. The van der Waals surface area contributed by atoms with Crippen LogP contribution in [-0.4, -0.2) is 0 Å². The lowest BCUT2D eigenvalue weighted by Crippen LogP contribution is -2.07. The van der Waals surface area contributed by atoms with Crippen LogP contribution in [0.2, 0.25) is 0 Å². The normalized spacial score (nSPS) is 11.3. The van der Waals surface area contributed by atoms with Crippen LogP contribution in [0.15, 0.2) is 72.8 Å². The molecule has 24 heavy (non-hydrogen) atoms. The molecule has 0 radical (unpaired) electrons. The van der Waals surface area contributed by atoms with E-state index in [0.717, 1.165) is 11.6 Å². The Bertz CT molecular complexity index is 845. The van der Waals surface area contributed by atoms with Crippen molar-refractivity contribution in [2.24, 2.45) is 0 Å². The molecule has 0 heterocycles. The van der Waals surface area contributed by atoms with Gasteiger partial charge in [-0.1, -0.05) is 42.5 Å². The van der Waals surface area contributed by atoms with Crippen molar-refractivity contribution in [1.29, 1.82) is 0 Å². The number of ether oxygens (including phenoxy) is 1. The summed E-state index contributed by atoms with van der Waals surface area (Å²) in [4.78, 5) is 0. The molecule has 0 saturated carbocycles. The highest BCUT2D eigenvalue weighted by Gasteiger charge is 2.34. The first kappa shape index (κ1) is 15.9. The summed E-state index contributed by atoms with van der Waals surface area (Å²) >= 11 is 0. The van der Waals surface area contributed by atoms with Crippen molar-refractivity contribution >= 4 is 5.69 Å². The van der Waals surface area contributed by atoms with E-state index in [4.69, 9.17) is 10.5 Å². The van der Waals surface area contributed by atoms with Gasteiger partial charge in [0.25, 0.3) is 0 Å². The minimum Gasteiger partial charge on any atom is -0.456 e. The van der Waals surface area contributed by atoms with E-state index in [1.165, 1.54) is 24.3 Å². The number of alkyl halides is 3. The summed E-state index contributed by atoms with van der Waals surface area (Å²) in [7, 11) is 0. The van der Waals surface area contributed by atoms with Crippen molar-refractivity contribution in [3.05, 3.63) is 78.4 Å². The Labute approximate surface area is 137 Å². The number of nitrogen functional groups attached to an aromatic ring is 1. The second kappa shape index (κ2) is 6.28. The lowest BCUT2D eigenvalue weighted by Gasteiger charge is -2.16. The summed E-state index contributed by atoms with van der Waals surface area (Å²) in [6.45, 7) is 0. The van der Waals surface area contributed by atoms with Crippen LogP contribution in [-0.2, 0) is 6.18 Å². The largest absolute Gasteiger partial charge is 0.456 e. The highest BCUT2D eigenvalue weighted by Crippen LogP contribution is 2.40. The topological polar surface area (TPSA) is 35.2 Å². The number of hydrogen-bond donors (Lipinski definition) is 1. The number of halogens is 3. The number of benzene rings is 3. The molecule has 3 rings (SSSR count). The first-order chi connectivity index (χ1) is 11.4. The van der Waals surface area contributed by atoms with E-state index in [1.54, 1.807) is 12.1 Å². The minimum atomic E-state index is -4.50. The molecule has 0 saturated heterocycles. The zero-order valence-corrected chi connectivity index (χ0v) is 12.5. The van der Waals surface area contributed by atoms with E-state index in [-0.39, 0.29) is 11.5 Å². The molecule has 3 aromatic rings. The third-order valence-corrected chi connectivity index (χ3v) is 3.50. The first-order valence-corrected chi connectivity index (χ1v) is 7.24. The Morgan fingerprint density at radius 3 is 2.12 bits per heavy atom. The molecule has 0 unspecified atom stereocenters. The van der Waals surface area contributed by atoms with Gasteiger partial charge < -0.3 is 10.5 Å². The predicted molar refractivity (Wildman–Crippen MR) is 87.8 cm³/mol.